The van der Waals surface area contributed by atoms with Gasteiger partial charge in [0.05, 0.1) is 25.4 Å². The highest BCUT2D eigenvalue weighted by Crippen LogP contribution is 2.08. The molecule has 0 atom stereocenters. The maximum Gasteiger partial charge on any atom is 0.0718 e. The van der Waals surface area contributed by atoms with Gasteiger partial charge in [-0.2, -0.15) is 0 Å². The summed E-state index contributed by atoms with van der Waals surface area (Å²) < 4.78 is 11.3. The van der Waals surface area contributed by atoms with Gasteiger partial charge in [-0.3, -0.25) is 0 Å². The first-order valence-electron chi connectivity index (χ1n) is 7.87. The lowest BCUT2D eigenvalue weighted by Gasteiger charge is -2.19. The molecular formula is C18H31NO2. The van der Waals surface area contributed by atoms with Gasteiger partial charge in [0, 0.05) is 6.54 Å². The molecule has 1 rings (SSSR count). The average Bonchev–Trinajstić information content (AvgIpc) is 2.37. The molecule has 120 valence electrons. The highest BCUT2D eigenvalue weighted by Gasteiger charge is 2.08. The third kappa shape index (κ3) is 9.62. The fraction of sp³-hybridized carbons (Fsp3) is 0.667. The van der Waals surface area contributed by atoms with Crippen LogP contribution in [0, 0.1) is 5.92 Å². The van der Waals surface area contributed by atoms with Crippen LogP contribution < -0.4 is 5.32 Å². The van der Waals surface area contributed by atoms with Crippen molar-refractivity contribution in [2.45, 2.75) is 53.4 Å². The molecule has 1 aromatic rings. The van der Waals surface area contributed by atoms with E-state index in [2.05, 4.69) is 64.2 Å². The Hall–Kier alpha value is -0.900. The summed E-state index contributed by atoms with van der Waals surface area (Å²) >= 11 is 0. The Balaban J connectivity index is 2.26. The Morgan fingerprint density at radius 3 is 2.48 bits per heavy atom. The van der Waals surface area contributed by atoms with E-state index in [1.54, 1.807) is 0 Å². The third-order valence-electron chi connectivity index (χ3n) is 2.90. The van der Waals surface area contributed by atoms with Crippen LogP contribution in [0.15, 0.2) is 24.3 Å². The van der Waals surface area contributed by atoms with Crippen molar-refractivity contribution in [3.8, 4) is 0 Å². The number of benzene rings is 1. The molecule has 1 N–H and O–H groups in total. The van der Waals surface area contributed by atoms with Gasteiger partial charge >= 0.3 is 0 Å². The minimum atomic E-state index is -0.0919. The molecule has 0 unspecified atom stereocenters. The van der Waals surface area contributed by atoms with Gasteiger partial charge in [-0.15, -0.1) is 0 Å². The molecule has 0 fully saturated rings. The Kier molecular flexibility index (Phi) is 7.94. The van der Waals surface area contributed by atoms with E-state index in [-0.39, 0.29) is 5.60 Å². The van der Waals surface area contributed by atoms with Crippen LogP contribution in [0.25, 0.3) is 0 Å². The molecule has 0 radical (unpaired) electrons. The largest absolute Gasteiger partial charge is 0.374 e. The predicted octanol–water partition coefficient (Wildman–Crippen LogP) is 3.76. The van der Waals surface area contributed by atoms with Crippen molar-refractivity contribution in [3.63, 3.8) is 0 Å². The Labute approximate surface area is 130 Å². The normalized spacial score (nSPS) is 12.1. The molecule has 0 saturated heterocycles. The summed E-state index contributed by atoms with van der Waals surface area (Å²) in [5, 5.41) is 3.46. The maximum atomic E-state index is 5.67. The molecule has 0 aromatic heterocycles. The summed E-state index contributed by atoms with van der Waals surface area (Å²) in [5.41, 5.74) is 2.43. The second-order valence-corrected chi connectivity index (χ2v) is 6.86. The lowest BCUT2D eigenvalue weighted by Crippen LogP contribution is -2.21. The number of hydrogen-bond donors (Lipinski definition) is 1. The standard InChI is InChI=1S/C18H31NO2/c1-15(2)12-19-13-16-7-6-8-17(11-16)14-20-9-10-21-18(3,4)5/h6-8,11,15,19H,9-10,12-14H2,1-5H3. The van der Waals surface area contributed by atoms with Gasteiger partial charge in [0.25, 0.3) is 0 Å². The summed E-state index contributed by atoms with van der Waals surface area (Å²) in [4.78, 5) is 0. The van der Waals surface area contributed by atoms with E-state index in [1.807, 2.05) is 0 Å². The zero-order valence-corrected chi connectivity index (χ0v) is 14.2. The molecular weight excluding hydrogens is 262 g/mol. The SMILES string of the molecule is CC(C)CNCc1cccc(COCCOC(C)(C)C)c1. The molecule has 0 aliphatic rings. The Morgan fingerprint density at radius 1 is 1.10 bits per heavy atom. The first kappa shape index (κ1) is 18.1. The van der Waals surface area contributed by atoms with E-state index >= 15 is 0 Å². The van der Waals surface area contributed by atoms with Crippen LogP contribution in [0.4, 0.5) is 0 Å². The van der Waals surface area contributed by atoms with Crippen molar-refractivity contribution in [1.82, 2.24) is 5.32 Å². The van der Waals surface area contributed by atoms with Crippen molar-refractivity contribution >= 4 is 0 Å². The maximum absolute atomic E-state index is 5.67. The lowest BCUT2D eigenvalue weighted by atomic mass is 10.1. The molecule has 1 aromatic carbocycles. The summed E-state index contributed by atoms with van der Waals surface area (Å²) in [6.07, 6.45) is 0. The van der Waals surface area contributed by atoms with E-state index in [0.29, 0.717) is 25.7 Å². The van der Waals surface area contributed by atoms with Crippen LogP contribution in [-0.4, -0.2) is 25.4 Å². The summed E-state index contributed by atoms with van der Waals surface area (Å²) in [5.74, 6) is 0.680. The lowest BCUT2D eigenvalue weighted by molar-refractivity contribution is -0.0376. The van der Waals surface area contributed by atoms with Crippen molar-refractivity contribution in [1.29, 1.82) is 0 Å². The van der Waals surface area contributed by atoms with Crippen molar-refractivity contribution in [2.24, 2.45) is 5.92 Å². The van der Waals surface area contributed by atoms with Crippen LogP contribution in [0.1, 0.15) is 45.7 Å². The number of hydrogen-bond acceptors (Lipinski definition) is 3. The second kappa shape index (κ2) is 9.19. The molecule has 0 saturated carbocycles. The van der Waals surface area contributed by atoms with Crippen molar-refractivity contribution in [2.75, 3.05) is 19.8 Å². The highest BCUT2D eigenvalue weighted by atomic mass is 16.5. The fourth-order valence-corrected chi connectivity index (χ4v) is 1.93. The molecule has 0 bridgehead atoms. The third-order valence-corrected chi connectivity index (χ3v) is 2.90. The fourth-order valence-electron chi connectivity index (χ4n) is 1.93. The van der Waals surface area contributed by atoms with E-state index in [9.17, 15) is 0 Å². The molecule has 0 amide bonds. The topological polar surface area (TPSA) is 30.5 Å². The van der Waals surface area contributed by atoms with Crippen LogP contribution in [-0.2, 0) is 22.6 Å². The van der Waals surface area contributed by atoms with E-state index in [1.165, 1.54) is 11.1 Å². The van der Waals surface area contributed by atoms with Crippen LogP contribution in [0.2, 0.25) is 0 Å². The van der Waals surface area contributed by atoms with Gasteiger partial charge in [-0.25, -0.2) is 0 Å². The van der Waals surface area contributed by atoms with Gasteiger partial charge in [-0.1, -0.05) is 38.1 Å². The monoisotopic (exact) mass is 293 g/mol. The van der Waals surface area contributed by atoms with Gasteiger partial charge in [-0.05, 0) is 44.4 Å². The number of rotatable bonds is 9. The highest BCUT2D eigenvalue weighted by molar-refractivity contribution is 5.22. The van der Waals surface area contributed by atoms with Gasteiger partial charge in [0.1, 0.15) is 0 Å². The summed E-state index contributed by atoms with van der Waals surface area (Å²) in [6, 6.07) is 8.56. The summed E-state index contributed by atoms with van der Waals surface area (Å²) in [6.45, 7) is 14.5. The molecule has 0 spiro atoms. The molecule has 0 aliphatic heterocycles. The summed E-state index contributed by atoms with van der Waals surface area (Å²) in [7, 11) is 0. The molecule has 0 aliphatic carbocycles. The van der Waals surface area contributed by atoms with Crippen LogP contribution >= 0.6 is 0 Å². The van der Waals surface area contributed by atoms with E-state index in [4.69, 9.17) is 9.47 Å². The quantitative estimate of drug-likeness (QED) is 0.703. The smallest absolute Gasteiger partial charge is 0.0718 e. The minimum absolute atomic E-state index is 0.0919. The predicted molar refractivity (Wildman–Crippen MR) is 88.3 cm³/mol. The Morgan fingerprint density at radius 2 is 1.81 bits per heavy atom. The molecule has 3 heteroatoms. The second-order valence-electron chi connectivity index (χ2n) is 6.86. The van der Waals surface area contributed by atoms with Crippen molar-refractivity contribution in [3.05, 3.63) is 35.4 Å². The number of nitrogens with one attached hydrogen (secondary N) is 1. The number of ether oxygens (including phenoxy) is 2. The zero-order chi connectivity index (χ0) is 15.7. The van der Waals surface area contributed by atoms with Gasteiger partial charge in [0.15, 0.2) is 0 Å². The van der Waals surface area contributed by atoms with Gasteiger partial charge < -0.3 is 14.8 Å². The average molecular weight is 293 g/mol. The van der Waals surface area contributed by atoms with Crippen LogP contribution in [0.3, 0.4) is 0 Å². The van der Waals surface area contributed by atoms with E-state index < -0.39 is 0 Å². The molecule has 21 heavy (non-hydrogen) atoms. The van der Waals surface area contributed by atoms with Gasteiger partial charge in [0.2, 0.25) is 0 Å². The molecule has 0 heterocycles. The van der Waals surface area contributed by atoms with Crippen molar-refractivity contribution < 1.29 is 9.47 Å². The molecule has 3 nitrogen and oxygen atoms in total. The van der Waals surface area contributed by atoms with E-state index in [0.717, 1.165) is 13.1 Å². The first-order valence-corrected chi connectivity index (χ1v) is 7.87. The van der Waals surface area contributed by atoms with Crippen LogP contribution in [0.5, 0.6) is 0 Å². The first-order chi connectivity index (χ1) is 9.87. The minimum Gasteiger partial charge on any atom is -0.374 e. The Bertz CT molecular complexity index is 396. The zero-order valence-electron chi connectivity index (χ0n) is 14.2.